The fourth-order valence-corrected chi connectivity index (χ4v) is 3.22. The Morgan fingerprint density at radius 1 is 1.14 bits per heavy atom. The number of carbonyl (C=O) groups excluding carboxylic acids is 1. The van der Waals surface area contributed by atoms with Crippen molar-refractivity contribution in [2.24, 2.45) is 0 Å². The molecule has 0 fully saturated rings. The van der Waals surface area contributed by atoms with Crippen LogP contribution in [0.15, 0.2) is 52.1 Å². The summed E-state index contributed by atoms with van der Waals surface area (Å²) >= 11 is 1.22. The minimum absolute atomic E-state index is 0.0649. The van der Waals surface area contributed by atoms with Crippen LogP contribution >= 0.6 is 11.8 Å². The molecule has 1 heterocycles. The van der Waals surface area contributed by atoms with E-state index in [2.05, 4.69) is 41.5 Å². The molecule has 7 heteroatoms. The second-order valence-electron chi connectivity index (χ2n) is 6.52. The van der Waals surface area contributed by atoms with Gasteiger partial charge in [0.2, 0.25) is 11.8 Å². The summed E-state index contributed by atoms with van der Waals surface area (Å²) in [5, 5.41) is 11.4. The Morgan fingerprint density at radius 2 is 1.89 bits per heavy atom. The van der Waals surface area contributed by atoms with Gasteiger partial charge in [0.15, 0.2) is 0 Å². The van der Waals surface area contributed by atoms with Gasteiger partial charge in [-0.05, 0) is 61.7 Å². The van der Waals surface area contributed by atoms with Crippen LogP contribution in [0.25, 0.3) is 11.5 Å². The Kier molecular flexibility index (Phi) is 6.36. The van der Waals surface area contributed by atoms with Crippen LogP contribution in [0.1, 0.15) is 29.7 Å². The van der Waals surface area contributed by atoms with Gasteiger partial charge in [0.05, 0.1) is 18.9 Å². The van der Waals surface area contributed by atoms with E-state index in [9.17, 15) is 4.79 Å². The molecule has 2 aromatic carbocycles. The predicted molar refractivity (Wildman–Crippen MR) is 109 cm³/mol. The molecule has 0 aliphatic carbocycles. The predicted octanol–water partition coefficient (Wildman–Crippen LogP) is 4.33. The number of carbonyl (C=O) groups is 1. The van der Waals surface area contributed by atoms with Gasteiger partial charge in [-0.15, -0.1) is 10.2 Å². The summed E-state index contributed by atoms with van der Waals surface area (Å²) in [6.07, 6.45) is 0. The maximum atomic E-state index is 12.3. The maximum absolute atomic E-state index is 12.3. The Balaban J connectivity index is 1.54. The third-order valence-electron chi connectivity index (χ3n) is 4.48. The van der Waals surface area contributed by atoms with E-state index in [1.807, 2.05) is 37.3 Å². The van der Waals surface area contributed by atoms with Crippen LogP contribution in [-0.4, -0.2) is 29.0 Å². The van der Waals surface area contributed by atoms with Gasteiger partial charge in [0.1, 0.15) is 5.75 Å². The second-order valence-corrected chi connectivity index (χ2v) is 7.45. The molecule has 0 bridgehead atoms. The number of ether oxygens (including phenoxy) is 1. The molecule has 3 rings (SSSR count). The van der Waals surface area contributed by atoms with Crippen molar-refractivity contribution in [3.05, 3.63) is 59.2 Å². The molecule has 0 radical (unpaired) electrons. The molecule has 1 N–H and O–H groups in total. The number of rotatable bonds is 7. The molecule has 0 saturated heterocycles. The van der Waals surface area contributed by atoms with E-state index in [1.165, 1.54) is 22.9 Å². The van der Waals surface area contributed by atoms with E-state index >= 15 is 0 Å². The number of nitrogens with zero attached hydrogens (tertiary/aromatic N) is 2. The van der Waals surface area contributed by atoms with Crippen LogP contribution in [0.5, 0.6) is 5.75 Å². The number of hydrogen-bond donors (Lipinski definition) is 1. The second kappa shape index (κ2) is 8.93. The van der Waals surface area contributed by atoms with Gasteiger partial charge in [-0.2, -0.15) is 0 Å². The maximum Gasteiger partial charge on any atom is 0.277 e. The zero-order valence-electron chi connectivity index (χ0n) is 16.4. The van der Waals surface area contributed by atoms with Crippen molar-refractivity contribution in [3.8, 4) is 17.2 Å². The van der Waals surface area contributed by atoms with Crippen LogP contribution in [0.4, 0.5) is 0 Å². The number of hydrogen-bond acceptors (Lipinski definition) is 6. The molecule has 3 aromatic rings. The zero-order valence-corrected chi connectivity index (χ0v) is 17.2. The normalized spacial score (nSPS) is 11.9. The molecular weight excluding hydrogens is 374 g/mol. The summed E-state index contributed by atoms with van der Waals surface area (Å²) in [4.78, 5) is 12.3. The van der Waals surface area contributed by atoms with E-state index in [1.54, 1.807) is 7.11 Å². The third-order valence-corrected chi connectivity index (χ3v) is 5.30. The number of amides is 1. The molecule has 0 aliphatic heterocycles. The van der Waals surface area contributed by atoms with Gasteiger partial charge in [0.25, 0.3) is 5.22 Å². The average molecular weight is 398 g/mol. The first-order valence-electron chi connectivity index (χ1n) is 8.93. The van der Waals surface area contributed by atoms with Crippen molar-refractivity contribution in [1.82, 2.24) is 15.5 Å². The zero-order chi connectivity index (χ0) is 20.1. The van der Waals surface area contributed by atoms with Crippen molar-refractivity contribution >= 4 is 17.7 Å². The fourth-order valence-electron chi connectivity index (χ4n) is 2.65. The monoisotopic (exact) mass is 397 g/mol. The molecule has 1 unspecified atom stereocenters. The molecule has 1 aromatic heterocycles. The lowest BCUT2D eigenvalue weighted by molar-refractivity contribution is -0.119. The lowest BCUT2D eigenvalue weighted by atomic mass is 10.0. The molecule has 146 valence electrons. The van der Waals surface area contributed by atoms with Crippen molar-refractivity contribution in [3.63, 3.8) is 0 Å². The van der Waals surface area contributed by atoms with Gasteiger partial charge in [-0.1, -0.05) is 30.0 Å². The standard InChI is InChI=1S/C21H23N3O3S/c1-13-5-6-17(11-14(13)2)15(3)22-19(25)12-28-21-24-23-20(27-21)16-7-9-18(26-4)10-8-16/h5-11,15H,12H2,1-4H3,(H,22,25). The van der Waals surface area contributed by atoms with E-state index in [0.29, 0.717) is 11.1 Å². The first-order chi connectivity index (χ1) is 13.5. The fraction of sp³-hybridized carbons (Fsp3) is 0.286. The molecule has 6 nitrogen and oxygen atoms in total. The average Bonchev–Trinajstić information content (AvgIpc) is 3.17. The number of nitrogens with one attached hydrogen (secondary N) is 1. The number of aryl methyl sites for hydroxylation is 2. The van der Waals surface area contributed by atoms with Crippen molar-refractivity contribution in [2.45, 2.75) is 32.0 Å². The highest BCUT2D eigenvalue weighted by Crippen LogP contribution is 2.25. The SMILES string of the molecule is COc1ccc(-c2nnc(SCC(=O)NC(C)c3ccc(C)c(C)c3)o2)cc1. The van der Waals surface area contributed by atoms with E-state index in [-0.39, 0.29) is 17.7 Å². The number of thioether (sulfide) groups is 1. The lowest BCUT2D eigenvalue weighted by Gasteiger charge is -2.15. The Labute approximate surface area is 168 Å². The molecule has 0 saturated carbocycles. The Morgan fingerprint density at radius 3 is 2.57 bits per heavy atom. The van der Waals surface area contributed by atoms with E-state index in [4.69, 9.17) is 9.15 Å². The molecule has 28 heavy (non-hydrogen) atoms. The topological polar surface area (TPSA) is 77.2 Å². The Hall–Kier alpha value is -2.80. The van der Waals surface area contributed by atoms with Crippen molar-refractivity contribution < 1.29 is 13.9 Å². The van der Waals surface area contributed by atoms with Crippen LogP contribution in [-0.2, 0) is 4.79 Å². The number of aromatic nitrogens is 2. The van der Waals surface area contributed by atoms with Crippen molar-refractivity contribution in [1.29, 1.82) is 0 Å². The molecule has 1 atom stereocenters. The van der Waals surface area contributed by atoms with Gasteiger partial charge in [0, 0.05) is 5.56 Å². The molecule has 1 amide bonds. The van der Waals surface area contributed by atoms with E-state index in [0.717, 1.165) is 16.9 Å². The summed E-state index contributed by atoms with van der Waals surface area (Å²) in [7, 11) is 1.61. The van der Waals surface area contributed by atoms with Gasteiger partial charge in [-0.25, -0.2) is 0 Å². The van der Waals surface area contributed by atoms with Crippen LogP contribution in [0.2, 0.25) is 0 Å². The lowest BCUT2D eigenvalue weighted by Crippen LogP contribution is -2.28. The summed E-state index contributed by atoms with van der Waals surface area (Å²) < 4.78 is 10.8. The van der Waals surface area contributed by atoms with Gasteiger partial charge in [-0.3, -0.25) is 4.79 Å². The summed E-state index contributed by atoms with van der Waals surface area (Å²) in [6.45, 7) is 6.12. The summed E-state index contributed by atoms with van der Waals surface area (Å²) in [5.74, 6) is 1.29. The summed E-state index contributed by atoms with van der Waals surface area (Å²) in [6, 6.07) is 13.5. The largest absolute Gasteiger partial charge is 0.497 e. The van der Waals surface area contributed by atoms with E-state index < -0.39 is 0 Å². The highest BCUT2D eigenvalue weighted by atomic mass is 32.2. The highest BCUT2D eigenvalue weighted by Gasteiger charge is 2.14. The highest BCUT2D eigenvalue weighted by molar-refractivity contribution is 7.99. The minimum atomic E-state index is -0.0834. The first kappa shape index (κ1) is 19.9. The molecule has 0 aliphatic rings. The number of methoxy groups -OCH3 is 1. The quantitative estimate of drug-likeness (QED) is 0.598. The third kappa shape index (κ3) is 4.92. The van der Waals surface area contributed by atoms with Gasteiger partial charge < -0.3 is 14.5 Å². The molecular formula is C21H23N3O3S. The minimum Gasteiger partial charge on any atom is -0.497 e. The smallest absolute Gasteiger partial charge is 0.277 e. The molecule has 0 spiro atoms. The van der Waals surface area contributed by atoms with Crippen LogP contribution in [0, 0.1) is 13.8 Å². The van der Waals surface area contributed by atoms with Crippen LogP contribution in [0.3, 0.4) is 0 Å². The summed E-state index contributed by atoms with van der Waals surface area (Å²) in [5.41, 5.74) is 4.33. The van der Waals surface area contributed by atoms with Gasteiger partial charge >= 0.3 is 0 Å². The van der Waals surface area contributed by atoms with Crippen molar-refractivity contribution in [2.75, 3.05) is 12.9 Å². The Bertz CT molecular complexity index is 954. The first-order valence-corrected chi connectivity index (χ1v) is 9.92. The number of benzene rings is 2. The van der Waals surface area contributed by atoms with Crippen LogP contribution < -0.4 is 10.1 Å².